The lowest BCUT2D eigenvalue weighted by molar-refractivity contribution is -0.136. The Bertz CT molecular complexity index is 1150. The molecule has 2 aliphatic rings. The van der Waals surface area contributed by atoms with Gasteiger partial charge in [-0.3, -0.25) is 19.3 Å². The van der Waals surface area contributed by atoms with Crippen LogP contribution in [0, 0.1) is 5.41 Å². The van der Waals surface area contributed by atoms with Crippen LogP contribution in [-0.4, -0.2) is 69.1 Å². The van der Waals surface area contributed by atoms with E-state index in [4.69, 9.17) is 9.47 Å². The number of nitrogens with one attached hydrogen (secondary N) is 3. The number of para-hydroxylation sites is 1. The summed E-state index contributed by atoms with van der Waals surface area (Å²) < 4.78 is 11.0. The maximum Gasteiger partial charge on any atom is 0.255 e. The van der Waals surface area contributed by atoms with Gasteiger partial charge in [-0.15, -0.1) is 0 Å². The minimum absolute atomic E-state index is 0.0573. The molecule has 0 aromatic heterocycles. The summed E-state index contributed by atoms with van der Waals surface area (Å²) in [6.07, 6.45) is 5.94. The molecule has 3 amide bonds. The molecule has 1 atom stereocenters. The monoisotopic (exact) mass is 520 g/mol. The normalized spacial score (nSPS) is 21.7. The van der Waals surface area contributed by atoms with Gasteiger partial charge in [-0.1, -0.05) is 36.4 Å². The second-order valence-electron chi connectivity index (χ2n) is 9.71. The molecule has 202 valence electrons. The van der Waals surface area contributed by atoms with Crippen LogP contribution in [0.4, 0.5) is 0 Å². The number of carbonyl (C=O) groups excluding carboxylic acids is 3. The lowest BCUT2D eigenvalue weighted by Crippen LogP contribution is -2.54. The van der Waals surface area contributed by atoms with Gasteiger partial charge in [0.15, 0.2) is 0 Å². The Morgan fingerprint density at radius 3 is 2.68 bits per heavy atom. The third-order valence-corrected chi connectivity index (χ3v) is 6.99. The van der Waals surface area contributed by atoms with Crippen molar-refractivity contribution < 1.29 is 23.9 Å². The van der Waals surface area contributed by atoms with E-state index in [1.165, 1.54) is 0 Å². The maximum atomic E-state index is 13.4. The number of hydrogen-bond acceptors (Lipinski definition) is 6. The number of nitrogens with zero attached hydrogens (tertiary/aromatic N) is 1. The summed E-state index contributed by atoms with van der Waals surface area (Å²) in [7, 11) is 1.62. The summed E-state index contributed by atoms with van der Waals surface area (Å²) in [4.78, 5) is 40.8. The molecule has 1 spiro atoms. The molecule has 0 saturated carbocycles. The molecule has 3 N–H and O–H groups in total. The van der Waals surface area contributed by atoms with E-state index in [9.17, 15) is 14.4 Å². The molecule has 2 aromatic rings. The first-order valence-electron chi connectivity index (χ1n) is 13.0. The maximum absolute atomic E-state index is 13.4. The van der Waals surface area contributed by atoms with Crippen molar-refractivity contribution in [1.29, 1.82) is 0 Å². The van der Waals surface area contributed by atoms with Crippen molar-refractivity contribution >= 4 is 17.7 Å². The Balaban J connectivity index is 1.38. The minimum atomic E-state index is -0.656. The van der Waals surface area contributed by atoms with Crippen LogP contribution < -0.4 is 25.4 Å². The van der Waals surface area contributed by atoms with Crippen molar-refractivity contribution in [3.63, 3.8) is 0 Å². The van der Waals surface area contributed by atoms with Crippen LogP contribution in [-0.2, 0) is 16.1 Å². The van der Waals surface area contributed by atoms with Gasteiger partial charge in [0.1, 0.15) is 18.1 Å². The largest absolute Gasteiger partial charge is 0.497 e. The number of benzene rings is 2. The van der Waals surface area contributed by atoms with Gasteiger partial charge in [-0.2, -0.15) is 0 Å². The molecular formula is C29H36N4O5. The molecule has 0 aliphatic carbocycles. The Labute approximate surface area is 223 Å². The molecule has 4 rings (SSSR count). The molecule has 2 heterocycles. The number of rotatable bonds is 5. The summed E-state index contributed by atoms with van der Waals surface area (Å²) >= 11 is 0. The molecule has 1 saturated heterocycles. The molecule has 1 unspecified atom stereocenters. The number of ether oxygens (including phenoxy) is 2. The van der Waals surface area contributed by atoms with E-state index in [1.54, 1.807) is 25.3 Å². The molecular weight excluding hydrogens is 484 g/mol. The first-order valence-corrected chi connectivity index (χ1v) is 13.0. The second-order valence-corrected chi connectivity index (χ2v) is 9.71. The highest BCUT2D eigenvalue weighted by molar-refractivity contribution is 5.97. The highest BCUT2D eigenvalue weighted by Gasteiger charge is 2.41. The Morgan fingerprint density at radius 2 is 1.87 bits per heavy atom. The highest BCUT2D eigenvalue weighted by Crippen LogP contribution is 2.34. The molecule has 9 heteroatoms. The number of likely N-dealkylation sites (tertiary alicyclic amines) is 1. The van der Waals surface area contributed by atoms with E-state index in [0.29, 0.717) is 50.5 Å². The van der Waals surface area contributed by atoms with Gasteiger partial charge < -0.3 is 25.4 Å². The van der Waals surface area contributed by atoms with Crippen molar-refractivity contribution in [2.24, 2.45) is 5.41 Å². The van der Waals surface area contributed by atoms with E-state index in [-0.39, 0.29) is 24.3 Å². The number of allylic oxidation sites excluding steroid dienone is 1. The van der Waals surface area contributed by atoms with Crippen molar-refractivity contribution in [2.45, 2.75) is 25.8 Å². The molecule has 0 radical (unpaired) electrons. The van der Waals surface area contributed by atoms with Crippen LogP contribution in [0.3, 0.4) is 0 Å². The lowest BCUT2D eigenvalue weighted by Gasteiger charge is -2.41. The van der Waals surface area contributed by atoms with Crippen molar-refractivity contribution in [3.8, 4) is 11.5 Å². The van der Waals surface area contributed by atoms with Gasteiger partial charge in [-0.05, 0) is 55.6 Å². The Kier molecular flexibility index (Phi) is 9.37. The van der Waals surface area contributed by atoms with E-state index < -0.39 is 5.41 Å². The average molecular weight is 521 g/mol. The van der Waals surface area contributed by atoms with Crippen LogP contribution in [0.25, 0.3) is 0 Å². The van der Waals surface area contributed by atoms with Crippen molar-refractivity contribution in [3.05, 3.63) is 71.8 Å². The summed E-state index contributed by atoms with van der Waals surface area (Å²) in [5.41, 5.74) is 0.799. The third kappa shape index (κ3) is 7.13. The van der Waals surface area contributed by atoms with Crippen molar-refractivity contribution in [1.82, 2.24) is 20.9 Å². The zero-order chi connectivity index (χ0) is 26.8. The van der Waals surface area contributed by atoms with Gasteiger partial charge in [0.2, 0.25) is 11.8 Å². The Morgan fingerprint density at radius 1 is 1.08 bits per heavy atom. The van der Waals surface area contributed by atoms with Crippen LogP contribution in [0.5, 0.6) is 11.5 Å². The Hall–Kier alpha value is -3.85. The van der Waals surface area contributed by atoms with Gasteiger partial charge >= 0.3 is 0 Å². The summed E-state index contributed by atoms with van der Waals surface area (Å²) in [5, 5.41) is 8.84. The smallest absolute Gasteiger partial charge is 0.255 e. The van der Waals surface area contributed by atoms with E-state index in [0.717, 1.165) is 30.7 Å². The minimum Gasteiger partial charge on any atom is -0.497 e. The van der Waals surface area contributed by atoms with E-state index in [2.05, 4.69) is 20.9 Å². The fraction of sp³-hybridized carbons (Fsp3) is 0.414. The van der Waals surface area contributed by atoms with Gasteiger partial charge in [0, 0.05) is 26.2 Å². The number of hydrogen-bond donors (Lipinski definition) is 3. The molecule has 38 heavy (non-hydrogen) atoms. The zero-order valence-corrected chi connectivity index (χ0v) is 21.8. The van der Waals surface area contributed by atoms with Crippen molar-refractivity contribution in [2.75, 3.05) is 46.4 Å². The predicted octanol–water partition coefficient (Wildman–Crippen LogP) is 2.28. The van der Waals surface area contributed by atoms with E-state index >= 15 is 0 Å². The highest BCUT2D eigenvalue weighted by atomic mass is 16.5. The van der Waals surface area contributed by atoms with Gasteiger partial charge in [0.25, 0.3) is 5.91 Å². The lowest BCUT2D eigenvalue weighted by atomic mass is 9.76. The fourth-order valence-electron chi connectivity index (χ4n) is 4.94. The van der Waals surface area contributed by atoms with Gasteiger partial charge in [0.05, 0.1) is 24.6 Å². The first kappa shape index (κ1) is 27.2. The summed E-state index contributed by atoms with van der Waals surface area (Å²) in [5.74, 6) is 0.917. The number of fused-ring (bicyclic) bond motifs is 1. The zero-order valence-electron chi connectivity index (χ0n) is 21.8. The molecule has 1 fully saturated rings. The first-order chi connectivity index (χ1) is 18.5. The SMILES string of the molecule is COc1ccc(CNC(=O)CN2CCCC3(C/C=C\COc4ccccc4C(=O)NCCNC3=O)C2)cc1. The molecule has 2 aromatic carbocycles. The molecule has 2 aliphatic heterocycles. The van der Waals surface area contributed by atoms with Crippen LogP contribution in [0.2, 0.25) is 0 Å². The number of piperidine rings is 1. The number of methoxy groups -OCH3 is 1. The third-order valence-electron chi connectivity index (χ3n) is 6.99. The van der Waals surface area contributed by atoms with Crippen LogP contribution in [0.1, 0.15) is 35.2 Å². The summed E-state index contributed by atoms with van der Waals surface area (Å²) in [6.45, 7) is 2.81. The molecule has 0 bridgehead atoms. The average Bonchev–Trinajstić information content (AvgIpc) is 2.94. The quantitative estimate of drug-likeness (QED) is 0.522. The second kappa shape index (κ2) is 13.1. The predicted molar refractivity (Wildman–Crippen MR) is 144 cm³/mol. The van der Waals surface area contributed by atoms with Gasteiger partial charge in [-0.25, -0.2) is 0 Å². The van der Waals surface area contributed by atoms with Crippen LogP contribution in [0.15, 0.2) is 60.7 Å². The number of carbonyl (C=O) groups is 3. The van der Waals surface area contributed by atoms with E-state index in [1.807, 2.05) is 42.5 Å². The van der Waals surface area contributed by atoms with Crippen LogP contribution >= 0.6 is 0 Å². The molecule has 9 nitrogen and oxygen atoms in total. The number of amides is 3. The standard InChI is InChI=1S/C29H36N4O5/c1-37-23-11-9-22(10-12-23)19-32-26(34)20-33-17-6-14-29(21-33)13-4-5-18-38-25-8-3-2-7-24(25)27(35)30-15-16-31-28(29)36/h2-5,7-12H,6,13-21H2,1H3,(H,30,35)(H,31,36)(H,32,34)/b5-4-. The fourth-order valence-corrected chi connectivity index (χ4v) is 4.94. The topological polar surface area (TPSA) is 109 Å². The summed E-state index contributed by atoms with van der Waals surface area (Å²) in [6, 6.07) is 14.7.